The molecular formula is C22H24N4O6. The van der Waals surface area contributed by atoms with Gasteiger partial charge in [-0.15, -0.1) is 0 Å². The van der Waals surface area contributed by atoms with E-state index in [0.717, 1.165) is 36.7 Å². The van der Waals surface area contributed by atoms with Crippen LogP contribution < -0.4 is 14.8 Å². The molecule has 0 radical (unpaired) electrons. The Morgan fingerprint density at radius 1 is 1.06 bits per heavy atom. The maximum Gasteiger partial charge on any atom is 0.273 e. The van der Waals surface area contributed by atoms with Gasteiger partial charge in [-0.25, -0.2) is 0 Å². The Morgan fingerprint density at radius 2 is 1.81 bits per heavy atom. The predicted molar refractivity (Wildman–Crippen MR) is 115 cm³/mol. The van der Waals surface area contributed by atoms with Crippen LogP contribution >= 0.6 is 0 Å². The van der Waals surface area contributed by atoms with Crippen LogP contribution in [0.15, 0.2) is 36.4 Å². The van der Waals surface area contributed by atoms with Crippen molar-refractivity contribution in [1.29, 1.82) is 0 Å². The molecule has 0 unspecified atom stereocenters. The summed E-state index contributed by atoms with van der Waals surface area (Å²) in [6.45, 7) is 5.03. The van der Waals surface area contributed by atoms with Gasteiger partial charge in [0.05, 0.1) is 11.5 Å². The van der Waals surface area contributed by atoms with Crippen LogP contribution in [0.2, 0.25) is 0 Å². The Balaban J connectivity index is 1.24. The summed E-state index contributed by atoms with van der Waals surface area (Å²) in [6.07, 6.45) is 0. The van der Waals surface area contributed by atoms with Crippen LogP contribution in [0, 0.1) is 17.0 Å². The fourth-order valence-electron chi connectivity index (χ4n) is 3.77. The maximum absolute atomic E-state index is 12.5. The van der Waals surface area contributed by atoms with Crippen molar-refractivity contribution >= 4 is 17.5 Å². The Bertz CT molecular complexity index is 1050. The second-order valence-corrected chi connectivity index (χ2v) is 7.79. The number of hydrogen-bond acceptors (Lipinski definition) is 7. The molecule has 2 heterocycles. The molecule has 2 aliphatic heterocycles. The van der Waals surface area contributed by atoms with Crippen molar-refractivity contribution in [3.05, 3.63) is 63.2 Å². The normalized spacial score (nSPS) is 15.5. The number of nitro benzene ring substituents is 1. The number of nitro groups is 1. The van der Waals surface area contributed by atoms with Crippen LogP contribution in [0.5, 0.6) is 11.5 Å². The predicted octanol–water partition coefficient (Wildman–Crippen LogP) is 1.71. The van der Waals surface area contributed by atoms with Crippen molar-refractivity contribution in [2.75, 3.05) is 39.5 Å². The lowest BCUT2D eigenvalue weighted by molar-refractivity contribution is -0.385. The first kappa shape index (κ1) is 21.6. The monoisotopic (exact) mass is 440 g/mol. The van der Waals surface area contributed by atoms with E-state index in [9.17, 15) is 19.7 Å². The molecule has 1 N–H and O–H groups in total. The molecule has 32 heavy (non-hydrogen) atoms. The van der Waals surface area contributed by atoms with Crippen molar-refractivity contribution < 1.29 is 24.0 Å². The third-order valence-electron chi connectivity index (χ3n) is 5.64. The van der Waals surface area contributed by atoms with E-state index >= 15 is 0 Å². The topological polar surface area (TPSA) is 114 Å². The molecule has 1 fully saturated rings. The second kappa shape index (κ2) is 9.23. The van der Waals surface area contributed by atoms with Gasteiger partial charge in [0.1, 0.15) is 0 Å². The lowest BCUT2D eigenvalue weighted by Gasteiger charge is -2.34. The van der Waals surface area contributed by atoms with Crippen LogP contribution in [-0.2, 0) is 11.3 Å². The molecule has 0 saturated carbocycles. The number of ether oxygens (including phenoxy) is 2. The zero-order valence-electron chi connectivity index (χ0n) is 17.7. The molecule has 2 aliphatic rings. The number of amides is 2. The van der Waals surface area contributed by atoms with Crippen LogP contribution in [-0.4, -0.2) is 66.1 Å². The van der Waals surface area contributed by atoms with E-state index in [1.165, 1.54) is 18.2 Å². The zero-order chi connectivity index (χ0) is 22.7. The molecular weight excluding hydrogens is 416 g/mol. The van der Waals surface area contributed by atoms with Gasteiger partial charge in [-0.1, -0.05) is 12.1 Å². The first-order valence-corrected chi connectivity index (χ1v) is 10.3. The van der Waals surface area contributed by atoms with Crippen molar-refractivity contribution in [2.45, 2.75) is 13.5 Å². The van der Waals surface area contributed by atoms with Gasteiger partial charge in [-0.2, -0.15) is 0 Å². The van der Waals surface area contributed by atoms with Crippen LogP contribution in [0.25, 0.3) is 0 Å². The van der Waals surface area contributed by atoms with Gasteiger partial charge in [-0.3, -0.25) is 24.6 Å². The Hall–Kier alpha value is -3.66. The van der Waals surface area contributed by atoms with Gasteiger partial charge < -0.3 is 19.7 Å². The standard InChI is InChI=1S/C22H24N4O6/c1-15-2-4-17(11-18(15)26(29)30)22(28)23-12-21(27)25-8-6-24(7-9-25)13-16-3-5-19-20(10-16)32-14-31-19/h2-5,10-11H,6-9,12-14H2,1H3,(H,23,28). The van der Waals surface area contributed by atoms with Crippen LogP contribution in [0.3, 0.4) is 0 Å². The number of benzene rings is 2. The Kier molecular flexibility index (Phi) is 6.22. The molecule has 0 bridgehead atoms. The number of nitrogens with one attached hydrogen (secondary N) is 1. The number of rotatable bonds is 6. The Labute approximate surface area is 184 Å². The van der Waals surface area contributed by atoms with Gasteiger partial charge in [0, 0.05) is 49.9 Å². The van der Waals surface area contributed by atoms with Crippen molar-refractivity contribution in [3.63, 3.8) is 0 Å². The van der Waals surface area contributed by atoms with Crippen molar-refractivity contribution in [1.82, 2.24) is 15.1 Å². The minimum atomic E-state index is -0.527. The second-order valence-electron chi connectivity index (χ2n) is 7.79. The van der Waals surface area contributed by atoms with E-state index in [1.807, 2.05) is 18.2 Å². The molecule has 0 spiro atoms. The molecule has 10 nitrogen and oxygen atoms in total. The quantitative estimate of drug-likeness (QED) is 0.537. The summed E-state index contributed by atoms with van der Waals surface area (Å²) >= 11 is 0. The number of piperazine rings is 1. The zero-order valence-corrected chi connectivity index (χ0v) is 17.7. The molecule has 0 aromatic heterocycles. The lowest BCUT2D eigenvalue weighted by atomic mass is 10.1. The van der Waals surface area contributed by atoms with Crippen LogP contribution in [0.1, 0.15) is 21.5 Å². The number of carbonyl (C=O) groups is 2. The molecule has 168 valence electrons. The minimum absolute atomic E-state index is 0.123. The summed E-state index contributed by atoms with van der Waals surface area (Å²) in [5.74, 6) is 0.822. The van der Waals surface area contributed by atoms with E-state index < -0.39 is 10.8 Å². The summed E-state index contributed by atoms with van der Waals surface area (Å²) in [4.78, 5) is 39.3. The first-order chi connectivity index (χ1) is 15.4. The average Bonchev–Trinajstić information content (AvgIpc) is 3.26. The Morgan fingerprint density at radius 3 is 2.56 bits per heavy atom. The van der Waals surface area contributed by atoms with Gasteiger partial charge in [0.15, 0.2) is 11.5 Å². The molecule has 10 heteroatoms. The molecule has 0 aliphatic carbocycles. The highest BCUT2D eigenvalue weighted by Crippen LogP contribution is 2.32. The molecule has 2 amide bonds. The largest absolute Gasteiger partial charge is 0.454 e. The van der Waals surface area contributed by atoms with Crippen molar-refractivity contribution in [3.8, 4) is 11.5 Å². The number of nitrogens with zero attached hydrogens (tertiary/aromatic N) is 3. The number of fused-ring (bicyclic) bond motifs is 1. The van der Waals surface area contributed by atoms with E-state index in [1.54, 1.807) is 11.8 Å². The highest BCUT2D eigenvalue weighted by molar-refractivity contribution is 5.97. The van der Waals surface area contributed by atoms with Gasteiger partial charge in [-0.05, 0) is 30.7 Å². The highest BCUT2D eigenvalue weighted by atomic mass is 16.7. The average molecular weight is 440 g/mol. The first-order valence-electron chi connectivity index (χ1n) is 10.3. The molecule has 2 aromatic rings. The molecule has 2 aromatic carbocycles. The third kappa shape index (κ3) is 4.80. The fraction of sp³-hybridized carbons (Fsp3) is 0.364. The number of hydrogen-bond donors (Lipinski definition) is 1. The van der Waals surface area contributed by atoms with E-state index in [0.29, 0.717) is 18.7 Å². The van der Waals surface area contributed by atoms with E-state index in [-0.39, 0.29) is 30.5 Å². The van der Waals surface area contributed by atoms with Gasteiger partial charge >= 0.3 is 0 Å². The number of aryl methyl sites for hydroxylation is 1. The smallest absolute Gasteiger partial charge is 0.273 e. The molecule has 0 atom stereocenters. The maximum atomic E-state index is 12.5. The van der Waals surface area contributed by atoms with Crippen LogP contribution in [0.4, 0.5) is 5.69 Å². The molecule has 1 saturated heterocycles. The molecule has 4 rings (SSSR count). The van der Waals surface area contributed by atoms with Gasteiger partial charge in [0.2, 0.25) is 12.7 Å². The van der Waals surface area contributed by atoms with E-state index in [4.69, 9.17) is 9.47 Å². The summed E-state index contributed by atoms with van der Waals surface area (Å²) in [5, 5.41) is 13.6. The van der Waals surface area contributed by atoms with Gasteiger partial charge in [0.25, 0.3) is 11.6 Å². The summed E-state index contributed by atoms with van der Waals surface area (Å²) in [7, 11) is 0. The van der Waals surface area contributed by atoms with Crippen molar-refractivity contribution in [2.24, 2.45) is 0 Å². The van der Waals surface area contributed by atoms with E-state index in [2.05, 4.69) is 10.2 Å². The third-order valence-corrected chi connectivity index (χ3v) is 5.64. The summed E-state index contributed by atoms with van der Waals surface area (Å²) in [5.41, 5.74) is 1.63. The lowest BCUT2D eigenvalue weighted by Crippen LogP contribution is -2.50. The fourth-order valence-corrected chi connectivity index (χ4v) is 3.77. The SMILES string of the molecule is Cc1ccc(C(=O)NCC(=O)N2CCN(Cc3ccc4c(c3)OCO4)CC2)cc1[N+](=O)[O-]. The summed E-state index contributed by atoms with van der Waals surface area (Å²) in [6, 6.07) is 10.2. The summed E-state index contributed by atoms with van der Waals surface area (Å²) < 4.78 is 10.8. The number of carbonyl (C=O) groups excluding carboxylic acids is 2. The minimum Gasteiger partial charge on any atom is -0.454 e. The highest BCUT2D eigenvalue weighted by Gasteiger charge is 2.23.